The normalized spacial score (nSPS) is 13.1. The van der Waals surface area contributed by atoms with E-state index in [9.17, 15) is 22.0 Å². The number of benzene rings is 1. The van der Waals surface area contributed by atoms with Crippen LogP contribution < -0.4 is 0 Å². The number of esters is 1. The van der Waals surface area contributed by atoms with Crippen LogP contribution in [0.3, 0.4) is 0 Å². The van der Waals surface area contributed by atoms with Crippen molar-refractivity contribution in [3.8, 4) is 0 Å². The summed E-state index contributed by atoms with van der Waals surface area (Å²) in [5.74, 6) is -4.02. The lowest BCUT2D eigenvalue weighted by molar-refractivity contribution is 0.0312. The van der Waals surface area contributed by atoms with Gasteiger partial charge in [-0.3, -0.25) is 0 Å². The van der Waals surface area contributed by atoms with Crippen LogP contribution in [-0.2, 0) is 13.8 Å². The van der Waals surface area contributed by atoms with Gasteiger partial charge in [-0.1, -0.05) is 13.3 Å². The van der Waals surface area contributed by atoms with E-state index in [4.69, 9.17) is 15.4 Å². The molecule has 0 aliphatic heterocycles. The van der Waals surface area contributed by atoms with E-state index < -0.39 is 43.2 Å². The van der Waals surface area contributed by atoms with Crippen molar-refractivity contribution in [1.82, 2.24) is 0 Å². The van der Waals surface area contributed by atoms with E-state index >= 15 is 0 Å². The molecule has 0 fully saturated rings. The van der Waals surface area contributed by atoms with Gasteiger partial charge in [0.15, 0.2) is 5.82 Å². The Hall–Kier alpha value is -1.21. The van der Waals surface area contributed by atoms with Crippen LogP contribution in [0.1, 0.15) is 37.0 Å². The van der Waals surface area contributed by atoms with Crippen molar-refractivity contribution in [3.63, 3.8) is 0 Å². The van der Waals surface area contributed by atoms with Crippen molar-refractivity contribution >= 4 is 25.7 Å². The molecule has 1 unspecified atom stereocenters. The van der Waals surface area contributed by atoms with Crippen LogP contribution in [-0.4, -0.2) is 20.5 Å². The Balaban J connectivity index is 3.21. The molecule has 0 saturated carbocycles. The Morgan fingerprint density at radius 2 is 2.00 bits per heavy atom. The summed E-state index contributed by atoms with van der Waals surface area (Å²) in [5.41, 5.74) is -1.06. The van der Waals surface area contributed by atoms with Gasteiger partial charge in [-0.15, -0.1) is 0 Å². The molecular formula is C12H13ClF2O4S. The second-order valence-electron chi connectivity index (χ2n) is 4.18. The highest BCUT2D eigenvalue weighted by Gasteiger charge is 2.27. The third kappa shape index (κ3) is 3.89. The van der Waals surface area contributed by atoms with Gasteiger partial charge in [0, 0.05) is 10.7 Å². The smallest absolute Gasteiger partial charge is 0.344 e. The molecule has 1 rings (SSSR count). The van der Waals surface area contributed by atoms with Gasteiger partial charge in [0.25, 0.3) is 9.05 Å². The molecule has 0 saturated heterocycles. The van der Waals surface area contributed by atoms with Crippen LogP contribution in [0, 0.1) is 11.6 Å². The van der Waals surface area contributed by atoms with E-state index in [2.05, 4.69) is 0 Å². The van der Waals surface area contributed by atoms with Crippen molar-refractivity contribution in [1.29, 1.82) is 0 Å². The maximum absolute atomic E-state index is 13.9. The van der Waals surface area contributed by atoms with E-state index in [-0.39, 0.29) is 0 Å². The Bertz CT molecular complexity index is 616. The largest absolute Gasteiger partial charge is 0.459 e. The van der Waals surface area contributed by atoms with Crippen LogP contribution in [0.2, 0.25) is 0 Å². The molecule has 0 radical (unpaired) electrons. The summed E-state index contributed by atoms with van der Waals surface area (Å²) in [6.45, 7) is 3.42. The van der Waals surface area contributed by atoms with Gasteiger partial charge in [-0.05, 0) is 25.5 Å². The van der Waals surface area contributed by atoms with Crippen molar-refractivity contribution in [3.05, 3.63) is 29.3 Å². The number of ether oxygens (including phenoxy) is 1. The van der Waals surface area contributed by atoms with Gasteiger partial charge in [-0.2, -0.15) is 0 Å². The second kappa shape index (κ2) is 6.49. The fourth-order valence-corrected chi connectivity index (χ4v) is 2.52. The van der Waals surface area contributed by atoms with Gasteiger partial charge >= 0.3 is 5.97 Å². The molecule has 0 aromatic heterocycles. The first-order valence-corrected chi connectivity index (χ1v) is 8.13. The zero-order chi connectivity index (χ0) is 15.5. The molecule has 0 bridgehead atoms. The minimum Gasteiger partial charge on any atom is -0.459 e. The molecule has 0 heterocycles. The zero-order valence-electron chi connectivity index (χ0n) is 10.8. The summed E-state index contributed by atoms with van der Waals surface area (Å²) < 4.78 is 54.5. The molecule has 0 aliphatic rings. The van der Waals surface area contributed by atoms with Crippen LogP contribution in [0.4, 0.5) is 8.78 Å². The lowest BCUT2D eigenvalue weighted by Crippen LogP contribution is -2.18. The first-order valence-electron chi connectivity index (χ1n) is 5.82. The molecular weight excluding hydrogens is 314 g/mol. The average molecular weight is 327 g/mol. The highest BCUT2D eigenvalue weighted by atomic mass is 35.7. The average Bonchev–Trinajstić information content (AvgIpc) is 2.26. The molecule has 4 nitrogen and oxygen atoms in total. The van der Waals surface area contributed by atoms with Crippen molar-refractivity contribution in [2.24, 2.45) is 0 Å². The first-order chi connectivity index (χ1) is 9.18. The number of carbonyl (C=O) groups is 1. The number of halogens is 3. The van der Waals surface area contributed by atoms with E-state index in [0.29, 0.717) is 18.6 Å². The molecule has 8 heteroatoms. The second-order valence-corrected chi connectivity index (χ2v) is 6.71. The van der Waals surface area contributed by atoms with Crippen molar-refractivity contribution in [2.75, 3.05) is 0 Å². The van der Waals surface area contributed by atoms with Gasteiger partial charge in [0.2, 0.25) is 0 Å². The third-order valence-electron chi connectivity index (χ3n) is 2.53. The summed E-state index contributed by atoms with van der Waals surface area (Å²) in [6.07, 6.45) is 0.695. The SMILES string of the molecule is CCCC(C)OC(=O)c1c(F)ccc(S(=O)(=O)Cl)c1F. The predicted molar refractivity (Wildman–Crippen MR) is 69.2 cm³/mol. The standard InChI is InChI=1S/C12H13ClF2O4S/c1-3-4-7(2)19-12(16)10-8(14)5-6-9(11(10)15)20(13,17)18/h5-7H,3-4H2,1-2H3. The van der Waals surface area contributed by atoms with E-state index in [1.807, 2.05) is 6.92 Å². The Kier molecular flexibility index (Phi) is 5.47. The minimum absolute atomic E-state index is 0.516. The highest BCUT2D eigenvalue weighted by Crippen LogP contribution is 2.25. The predicted octanol–water partition coefficient (Wildman–Crippen LogP) is 3.24. The lowest BCUT2D eigenvalue weighted by atomic mass is 10.2. The molecule has 1 aromatic carbocycles. The fourth-order valence-electron chi connectivity index (χ4n) is 1.62. The molecule has 0 N–H and O–H groups in total. The molecule has 0 amide bonds. The summed E-state index contributed by atoms with van der Waals surface area (Å²) in [5, 5.41) is 0. The number of hydrogen-bond acceptors (Lipinski definition) is 4. The van der Waals surface area contributed by atoms with Gasteiger partial charge < -0.3 is 4.74 Å². The summed E-state index contributed by atoms with van der Waals surface area (Å²) in [4.78, 5) is 10.7. The molecule has 1 atom stereocenters. The number of hydrogen-bond donors (Lipinski definition) is 0. The molecule has 0 aliphatic carbocycles. The summed E-state index contributed by atoms with van der Waals surface area (Å²) >= 11 is 0. The van der Waals surface area contributed by atoms with Gasteiger partial charge in [0.1, 0.15) is 16.3 Å². The molecule has 0 spiro atoms. The summed E-state index contributed by atoms with van der Waals surface area (Å²) in [6, 6.07) is 1.30. The zero-order valence-corrected chi connectivity index (χ0v) is 12.4. The summed E-state index contributed by atoms with van der Waals surface area (Å²) in [7, 11) is 0.584. The minimum atomic E-state index is -4.42. The monoisotopic (exact) mass is 326 g/mol. The van der Waals surface area contributed by atoms with Crippen LogP contribution >= 0.6 is 10.7 Å². The quantitative estimate of drug-likeness (QED) is 0.615. The van der Waals surface area contributed by atoms with E-state index in [1.165, 1.54) is 0 Å². The molecule has 112 valence electrons. The lowest BCUT2D eigenvalue weighted by Gasteiger charge is -2.13. The van der Waals surface area contributed by atoms with E-state index in [0.717, 1.165) is 6.42 Å². The molecule has 20 heavy (non-hydrogen) atoms. The third-order valence-corrected chi connectivity index (χ3v) is 3.87. The van der Waals surface area contributed by atoms with Gasteiger partial charge in [0.05, 0.1) is 6.10 Å². The van der Waals surface area contributed by atoms with Crippen LogP contribution in [0.25, 0.3) is 0 Å². The van der Waals surface area contributed by atoms with E-state index in [1.54, 1.807) is 6.92 Å². The highest BCUT2D eigenvalue weighted by molar-refractivity contribution is 8.13. The van der Waals surface area contributed by atoms with Crippen molar-refractivity contribution in [2.45, 2.75) is 37.7 Å². The maximum atomic E-state index is 13.9. The molecule has 1 aromatic rings. The van der Waals surface area contributed by atoms with Gasteiger partial charge in [-0.25, -0.2) is 22.0 Å². The fraction of sp³-hybridized carbons (Fsp3) is 0.417. The topological polar surface area (TPSA) is 60.4 Å². The maximum Gasteiger partial charge on any atom is 0.344 e. The number of rotatable bonds is 5. The number of carbonyl (C=O) groups excluding carboxylic acids is 1. The van der Waals surface area contributed by atoms with Crippen LogP contribution in [0.5, 0.6) is 0 Å². The first kappa shape index (κ1) is 16.8. The Labute approximate surface area is 120 Å². The Morgan fingerprint density at radius 1 is 1.40 bits per heavy atom. The van der Waals surface area contributed by atoms with Crippen molar-refractivity contribution < 1.29 is 26.7 Å². The Morgan fingerprint density at radius 3 is 2.50 bits per heavy atom. The van der Waals surface area contributed by atoms with Crippen LogP contribution in [0.15, 0.2) is 17.0 Å².